The zero-order chi connectivity index (χ0) is 9.03. The smallest absolute Gasteiger partial charge is 0.212 e. The molecule has 0 spiro atoms. The molecule has 0 atom stereocenters. The Hall–Kier alpha value is -0.0600. The molecule has 68 valence electrons. The number of thiophene rings is 1. The van der Waals surface area contributed by atoms with Crippen LogP contribution in [0.25, 0.3) is 0 Å². The van der Waals surface area contributed by atoms with Crippen LogP contribution in [0.15, 0.2) is 16.8 Å². The van der Waals surface area contributed by atoms with Gasteiger partial charge in [-0.15, -0.1) is 0 Å². The van der Waals surface area contributed by atoms with Crippen molar-refractivity contribution in [3.63, 3.8) is 0 Å². The largest absolute Gasteiger partial charge is 0.232 e. The monoisotopic (exact) mass is 224 g/mol. The van der Waals surface area contributed by atoms with Crippen LogP contribution in [0.2, 0.25) is 0 Å². The third-order valence-electron chi connectivity index (χ3n) is 1.43. The molecular formula is C7H9ClO2S2. The summed E-state index contributed by atoms with van der Waals surface area (Å²) < 4.78 is 21.1. The molecule has 1 heterocycles. The molecule has 0 aromatic carbocycles. The van der Waals surface area contributed by atoms with Crippen LogP contribution in [-0.4, -0.2) is 14.2 Å². The molecule has 0 amide bonds. The fourth-order valence-corrected chi connectivity index (χ4v) is 2.40. The van der Waals surface area contributed by atoms with E-state index in [-0.39, 0.29) is 5.75 Å². The summed E-state index contributed by atoms with van der Waals surface area (Å²) in [6.07, 6.45) is 1.39. The highest BCUT2D eigenvalue weighted by Gasteiger charge is 2.04. The van der Waals surface area contributed by atoms with Crippen molar-refractivity contribution in [3.05, 3.63) is 22.4 Å². The zero-order valence-electron chi connectivity index (χ0n) is 6.36. The van der Waals surface area contributed by atoms with Gasteiger partial charge in [0.25, 0.3) is 0 Å². The van der Waals surface area contributed by atoms with E-state index in [9.17, 15) is 8.42 Å². The van der Waals surface area contributed by atoms with Crippen LogP contribution in [0.3, 0.4) is 0 Å². The van der Waals surface area contributed by atoms with E-state index in [1.807, 2.05) is 16.8 Å². The van der Waals surface area contributed by atoms with E-state index in [4.69, 9.17) is 10.7 Å². The molecule has 5 heteroatoms. The average Bonchev–Trinajstić information content (AvgIpc) is 2.36. The minimum atomic E-state index is -3.30. The number of aryl methyl sites for hydroxylation is 1. The van der Waals surface area contributed by atoms with Crippen LogP contribution < -0.4 is 0 Å². The third kappa shape index (κ3) is 4.09. The average molecular weight is 225 g/mol. The molecule has 0 radical (unpaired) electrons. The van der Waals surface area contributed by atoms with Gasteiger partial charge in [0.15, 0.2) is 0 Å². The molecule has 0 aliphatic carbocycles. The van der Waals surface area contributed by atoms with E-state index in [1.54, 1.807) is 11.3 Å². The van der Waals surface area contributed by atoms with Crippen LogP contribution in [0.4, 0.5) is 0 Å². The van der Waals surface area contributed by atoms with E-state index in [0.717, 1.165) is 6.42 Å². The first-order valence-electron chi connectivity index (χ1n) is 3.51. The molecule has 0 saturated carbocycles. The Balaban J connectivity index is 2.29. The molecule has 0 aliphatic heterocycles. The highest BCUT2D eigenvalue weighted by Crippen LogP contribution is 2.09. The number of halogens is 1. The summed E-state index contributed by atoms with van der Waals surface area (Å²) in [5.41, 5.74) is 1.18. The van der Waals surface area contributed by atoms with Crippen molar-refractivity contribution in [1.29, 1.82) is 0 Å². The van der Waals surface area contributed by atoms with Crippen molar-refractivity contribution in [1.82, 2.24) is 0 Å². The second-order valence-corrected chi connectivity index (χ2v) is 6.15. The van der Waals surface area contributed by atoms with Crippen LogP contribution in [0, 0.1) is 0 Å². The van der Waals surface area contributed by atoms with Gasteiger partial charge in [-0.2, -0.15) is 11.3 Å². The van der Waals surface area contributed by atoms with E-state index in [0.29, 0.717) is 6.42 Å². The lowest BCUT2D eigenvalue weighted by Crippen LogP contribution is -1.98. The first-order valence-corrected chi connectivity index (χ1v) is 6.93. The van der Waals surface area contributed by atoms with Crippen LogP contribution in [0.5, 0.6) is 0 Å². The maximum absolute atomic E-state index is 10.5. The summed E-state index contributed by atoms with van der Waals surface area (Å²) in [4.78, 5) is 0. The topological polar surface area (TPSA) is 34.1 Å². The van der Waals surface area contributed by atoms with Gasteiger partial charge in [-0.25, -0.2) is 8.42 Å². The molecule has 0 saturated heterocycles. The summed E-state index contributed by atoms with van der Waals surface area (Å²) >= 11 is 1.62. The molecule has 12 heavy (non-hydrogen) atoms. The number of hydrogen-bond acceptors (Lipinski definition) is 3. The van der Waals surface area contributed by atoms with E-state index >= 15 is 0 Å². The van der Waals surface area contributed by atoms with Gasteiger partial charge >= 0.3 is 0 Å². The summed E-state index contributed by atoms with van der Waals surface area (Å²) in [6, 6.07) is 1.99. The quantitative estimate of drug-likeness (QED) is 0.736. The highest BCUT2D eigenvalue weighted by molar-refractivity contribution is 8.13. The van der Waals surface area contributed by atoms with Gasteiger partial charge in [0, 0.05) is 10.7 Å². The van der Waals surface area contributed by atoms with Crippen molar-refractivity contribution in [3.8, 4) is 0 Å². The Morgan fingerprint density at radius 2 is 2.25 bits per heavy atom. The van der Waals surface area contributed by atoms with Gasteiger partial charge in [-0.05, 0) is 35.2 Å². The van der Waals surface area contributed by atoms with Crippen LogP contribution in [-0.2, 0) is 15.5 Å². The molecule has 1 rings (SSSR count). The molecule has 0 N–H and O–H groups in total. The molecular weight excluding hydrogens is 216 g/mol. The SMILES string of the molecule is O=S(=O)(Cl)CCCc1ccsc1. The highest BCUT2D eigenvalue weighted by atomic mass is 35.7. The molecule has 0 bridgehead atoms. The minimum absolute atomic E-state index is 0.0599. The Kier molecular flexibility index (Phi) is 3.55. The molecule has 1 aromatic heterocycles. The Bertz CT molecular complexity index is 315. The lowest BCUT2D eigenvalue weighted by Gasteiger charge is -1.94. The van der Waals surface area contributed by atoms with E-state index < -0.39 is 9.05 Å². The van der Waals surface area contributed by atoms with E-state index in [2.05, 4.69) is 0 Å². The van der Waals surface area contributed by atoms with Crippen LogP contribution in [0.1, 0.15) is 12.0 Å². The van der Waals surface area contributed by atoms with Gasteiger partial charge in [0.05, 0.1) is 5.75 Å². The third-order valence-corrected chi connectivity index (χ3v) is 3.40. The lowest BCUT2D eigenvalue weighted by atomic mass is 10.2. The summed E-state index contributed by atoms with van der Waals surface area (Å²) in [7, 11) is 1.75. The zero-order valence-corrected chi connectivity index (χ0v) is 8.75. The molecule has 0 fully saturated rings. The first kappa shape index (κ1) is 10.0. The number of rotatable bonds is 4. The van der Waals surface area contributed by atoms with Crippen molar-refractivity contribution < 1.29 is 8.42 Å². The van der Waals surface area contributed by atoms with Crippen LogP contribution >= 0.6 is 22.0 Å². The van der Waals surface area contributed by atoms with Crippen molar-refractivity contribution in [2.45, 2.75) is 12.8 Å². The van der Waals surface area contributed by atoms with Gasteiger partial charge in [-0.1, -0.05) is 0 Å². The second kappa shape index (κ2) is 4.25. The molecule has 2 nitrogen and oxygen atoms in total. The van der Waals surface area contributed by atoms with Crippen molar-refractivity contribution >= 4 is 31.1 Å². The summed E-state index contributed by atoms with van der Waals surface area (Å²) in [6.45, 7) is 0. The number of hydrogen-bond donors (Lipinski definition) is 0. The normalized spacial score (nSPS) is 11.8. The summed E-state index contributed by atoms with van der Waals surface area (Å²) in [5, 5.41) is 3.99. The molecule has 0 unspecified atom stereocenters. The van der Waals surface area contributed by atoms with Gasteiger partial charge in [-0.3, -0.25) is 0 Å². The molecule has 1 aromatic rings. The van der Waals surface area contributed by atoms with Gasteiger partial charge in [0.1, 0.15) is 0 Å². The Morgan fingerprint density at radius 1 is 1.50 bits per heavy atom. The summed E-state index contributed by atoms with van der Waals surface area (Å²) in [5.74, 6) is 0.0599. The lowest BCUT2D eigenvalue weighted by molar-refractivity contribution is 0.607. The minimum Gasteiger partial charge on any atom is -0.212 e. The molecule has 0 aliphatic rings. The fourth-order valence-electron chi connectivity index (χ4n) is 0.884. The Labute approximate surface area is 80.6 Å². The van der Waals surface area contributed by atoms with Crippen molar-refractivity contribution in [2.75, 3.05) is 5.75 Å². The maximum Gasteiger partial charge on any atom is 0.232 e. The predicted octanol–water partition coefficient (Wildman–Crippen LogP) is 2.25. The standard InChI is InChI=1S/C7H9ClO2S2/c8-12(9,10)5-1-2-7-3-4-11-6-7/h3-4,6H,1-2,5H2. The van der Waals surface area contributed by atoms with E-state index in [1.165, 1.54) is 5.56 Å². The van der Waals surface area contributed by atoms with Gasteiger partial charge in [0.2, 0.25) is 9.05 Å². The fraction of sp³-hybridized carbons (Fsp3) is 0.429. The Morgan fingerprint density at radius 3 is 2.75 bits per heavy atom. The van der Waals surface area contributed by atoms with Crippen molar-refractivity contribution in [2.24, 2.45) is 0 Å². The maximum atomic E-state index is 10.5. The first-order chi connectivity index (χ1) is 5.58. The second-order valence-electron chi connectivity index (χ2n) is 2.48. The predicted molar refractivity (Wildman–Crippen MR) is 52.3 cm³/mol. The van der Waals surface area contributed by atoms with Gasteiger partial charge < -0.3 is 0 Å².